The fourth-order valence-corrected chi connectivity index (χ4v) is 2.56. The van der Waals surface area contributed by atoms with Crippen molar-refractivity contribution in [1.82, 2.24) is 9.80 Å². The summed E-state index contributed by atoms with van der Waals surface area (Å²) in [5.41, 5.74) is 0. The van der Waals surface area contributed by atoms with Crippen molar-refractivity contribution in [1.29, 1.82) is 0 Å². The van der Waals surface area contributed by atoms with Crippen molar-refractivity contribution >= 4 is 11.8 Å². The minimum absolute atomic E-state index is 0.279. The highest BCUT2D eigenvalue weighted by Crippen LogP contribution is 2.11. The molecular weight excluding hydrogens is 252 g/mol. The highest BCUT2D eigenvalue weighted by molar-refractivity contribution is 6.34. The zero-order chi connectivity index (χ0) is 14.8. The molecule has 0 aromatic heterocycles. The first kappa shape index (κ1) is 17.0. The second-order valence-electron chi connectivity index (χ2n) is 5.71. The van der Waals surface area contributed by atoms with Gasteiger partial charge in [0.1, 0.15) is 0 Å². The van der Waals surface area contributed by atoms with Crippen molar-refractivity contribution in [2.24, 2.45) is 0 Å². The Morgan fingerprint density at radius 1 is 0.900 bits per heavy atom. The van der Waals surface area contributed by atoms with Gasteiger partial charge in [0.2, 0.25) is 0 Å². The van der Waals surface area contributed by atoms with Crippen molar-refractivity contribution in [3.8, 4) is 0 Å². The zero-order valence-corrected chi connectivity index (χ0v) is 13.2. The Morgan fingerprint density at radius 2 is 1.40 bits per heavy atom. The van der Waals surface area contributed by atoms with Gasteiger partial charge in [-0.2, -0.15) is 0 Å². The van der Waals surface area contributed by atoms with E-state index in [0.717, 1.165) is 64.7 Å². The molecule has 4 nitrogen and oxygen atoms in total. The maximum atomic E-state index is 12.4. The van der Waals surface area contributed by atoms with E-state index >= 15 is 0 Å². The van der Waals surface area contributed by atoms with E-state index in [4.69, 9.17) is 0 Å². The molecule has 0 saturated carbocycles. The van der Waals surface area contributed by atoms with Gasteiger partial charge >= 0.3 is 11.8 Å². The van der Waals surface area contributed by atoms with E-state index in [9.17, 15) is 9.59 Å². The molecule has 4 heteroatoms. The largest absolute Gasteiger partial charge is 0.334 e. The molecule has 0 unspecified atom stereocenters. The molecule has 1 saturated heterocycles. The molecule has 1 aliphatic heterocycles. The average molecular weight is 282 g/mol. The number of carbonyl (C=O) groups is 2. The molecule has 20 heavy (non-hydrogen) atoms. The molecule has 1 fully saturated rings. The second-order valence-corrected chi connectivity index (χ2v) is 5.71. The van der Waals surface area contributed by atoms with Gasteiger partial charge in [-0.3, -0.25) is 9.59 Å². The van der Waals surface area contributed by atoms with Gasteiger partial charge in [-0.1, -0.05) is 39.5 Å². The van der Waals surface area contributed by atoms with E-state index in [1.165, 1.54) is 12.8 Å². The molecule has 0 radical (unpaired) electrons. The van der Waals surface area contributed by atoms with E-state index in [1.807, 2.05) is 0 Å². The molecule has 1 aliphatic rings. The lowest BCUT2D eigenvalue weighted by atomic mass is 10.2. The molecule has 0 aromatic carbocycles. The van der Waals surface area contributed by atoms with Crippen molar-refractivity contribution in [3.63, 3.8) is 0 Å². The summed E-state index contributed by atoms with van der Waals surface area (Å²) in [6.45, 7) is 7.15. The first-order valence-corrected chi connectivity index (χ1v) is 8.28. The van der Waals surface area contributed by atoms with Gasteiger partial charge in [-0.15, -0.1) is 0 Å². The molecule has 1 rings (SSSR count). The van der Waals surface area contributed by atoms with Crippen LogP contribution in [0, 0.1) is 0 Å². The van der Waals surface area contributed by atoms with Crippen molar-refractivity contribution in [2.45, 2.75) is 65.2 Å². The van der Waals surface area contributed by atoms with E-state index < -0.39 is 0 Å². The van der Waals surface area contributed by atoms with E-state index in [1.54, 1.807) is 9.80 Å². The van der Waals surface area contributed by atoms with Gasteiger partial charge in [-0.05, 0) is 25.7 Å². The highest BCUT2D eigenvalue weighted by atomic mass is 16.2. The summed E-state index contributed by atoms with van der Waals surface area (Å²) < 4.78 is 0. The average Bonchev–Trinajstić information content (AvgIpc) is 2.75. The molecule has 0 aliphatic carbocycles. The van der Waals surface area contributed by atoms with Crippen LogP contribution in [0.25, 0.3) is 0 Å². The number of hydrogen-bond acceptors (Lipinski definition) is 2. The minimum Gasteiger partial charge on any atom is -0.334 e. The number of rotatable bonds is 6. The van der Waals surface area contributed by atoms with Gasteiger partial charge in [-0.25, -0.2) is 0 Å². The summed E-state index contributed by atoms with van der Waals surface area (Å²) in [6.07, 6.45) is 8.46. The normalized spacial score (nSPS) is 15.8. The third-order valence-corrected chi connectivity index (χ3v) is 3.93. The molecule has 1 heterocycles. The molecule has 0 spiro atoms. The zero-order valence-electron chi connectivity index (χ0n) is 13.2. The van der Waals surface area contributed by atoms with Crippen LogP contribution in [0.3, 0.4) is 0 Å². The first-order chi connectivity index (χ1) is 9.70. The van der Waals surface area contributed by atoms with Crippen LogP contribution >= 0.6 is 0 Å². The topological polar surface area (TPSA) is 40.6 Å². The predicted molar refractivity (Wildman–Crippen MR) is 81.4 cm³/mol. The van der Waals surface area contributed by atoms with Gasteiger partial charge in [0.25, 0.3) is 0 Å². The minimum atomic E-state index is -0.284. The third kappa shape index (κ3) is 5.51. The van der Waals surface area contributed by atoms with Crippen LogP contribution in [0.4, 0.5) is 0 Å². The predicted octanol–water partition coefficient (Wildman–Crippen LogP) is 2.82. The number of carbonyl (C=O) groups excluding carboxylic acids is 2. The molecule has 2 amide bonds. The van der Waals surface area contributed by atoms with Gasteiger partial charge < -0.3 is 9.80 Å². The first-order valence-electron chi connectivity index (χ1n) is 8.28. The summed E-state index contributed by atoms with van der Waals surface area (Å²) in [5.74, 6) is -0.562. The molecule has 0 N–H and O–H groups in total. The smallest absolute Gasteiger partial charge is 0.312 e. The van der Waals surface area contributed by atoms with E-state index in [0.29, 0.717) is 0 Å². The van der Waals surface area contributed by atoms with Gasteiger partial charge in [0.15, 0.2) is 0 Å². The lowest BCUT2D eigenvalue weighted by molar-refractivity contribution is -0.151. The monoisotopic (exact) mass is 282 g/mol. The summed E-state index contributed by atoms with van der Waals surface area (Å²) >= 11 is 0. The fraction of sp³-hybridized carbons (Fsp3) is 0.875. The summed E-state index contributed by atoms with van der Waals surface area (Å²) in [6, 6.07) is 0. The standard InChI is InChI=1S/C16H30N2O2/c1-3-5-11-17(12-6-4-2)15(19)16(20)18-13-9-7-8-10-14-18/h3-14H2,1-2H3. The second kappa shape index (κ2) is 9.78. The van der Waals surface area contributed by atoms with Crippen LogP contribution in [0.5, 0.6) is 0 Å². The van der Waals surface area contributed by atoms with Crippen molar-refractivity contribution in [2.75, 3.05) is 26.2 Å². The third-order valence-electron chi connectivity index (χ3n) is 3.93. The van der Waals surface area contributed by atoms with Crippen LogP contribution in [0.1, 0.15) is 65.2 Å². The van der Waals surface area contributed by atoms with Crippen molar-refractivity contribution in [3.05, 3.63) is 0 Å². The Labute approximate surface area is 123 Å². The Balaban J connectivity index is 2.58. The maximum Gasteiger partial charge on any atom is 0.312 e. The maximum absolute atomic E-state index is 12.4. The number of amides is 2. The molecule has 116 valence electrons. The lowest BCUT2D eigenvalue weighted by Gasteiger charge is -2.26. The molecule has 0 aromatic rings. The van der Waals surface area contributed by atoms with Crippen LogP contribution in [-0.4, -0.2) is 47.8 Å². The summed E-state index contributed by atoms with van der Waals surface area (Å²) in [7, 11) is 0. The van der Waals surface area contributed by atoms with Crippen molar-refractivity contribution < 1.29 is 9.59 Å². The Bertz CT molecular complexity index is 289. The Morgan fingerprint density at radius 3 is 1.85 bits per heavy atom. The fourth-order valence-electron chi connectivity index (χ4n) is 2.56. The SMILES string of the molecule is CCCCN(CCCC)C(=O)C(=O)N1CCCCCC1. The van der Waals surface area contributed by atoms with Gasteiger partial charge in [0, 0.05) is 26.2 Å². The van der Waals surface area contributed by atoms with Crippen LogP contribution in [0.15, 0.2) is 0 Å². The van der Waals surface area contributed by atoms with E-state index in [-0.39, 0.29) is 11.8 Å². The number of nitrogens with zero attached hydrogens (tertiary/aromatic N) is 2. The quantitative estimate of drug-likeness (QED) is 0.703. The van der Waals surface area contributed by atoms with E-state index in [2.05, 4.69) is 13.8 Å². The number of hydrogen-bond donors (Lipinski definition) is 0. The molecule has 0 atom stereocenters. The summed E-state index contributed by atoms with van der Waals surface area (Å²) in [5, 5.41) is 0. The highest BCUT2D eigenvalue weighted by Gasteiger charge is 2.26. The Kier molecular flexibility index (Phi) is 8.31. The van der Waals surface area contributed by atoms with Crippen LogP contribution < -0.4 is 0 Å². The number of unbranched alkanes of at least 4 members (excludes halogenated alkanes) is 2. The lowest BCUT2D eigenvalue weighted by Crippen LogP contribution is -2.46. The van der Waals surface area contributed by atoms with Crippen LogP contribution in [-0.2, 0) is 9.59 Å². The summed E-state index contributed by atoms with van der Waals surface area (Å²) in [4.78, 5) is 28.3. The molecule has 0 bridgehead atoms. The number of likely N-dealkylation sites (tertiary alicyclic amines) is 1. The van der Waals surface area contributed by atoms with Crippen LogP contribution in [0.2, 0.25) is 0 Å². The van der Waals surface area contributed by atoms with Gasteiger partial charge in [0.05, 0.1) is 0 Å². The molecular formula is C16H30N2O2. The Hall–Kier alpha value is -1.06.